The molecule has 3 unspecified atom stereocenters. The Balaban J connectivity index is 0.000000242. The molecule has 0 radical (unpaired) electrons. The van der Waals surface area contributed by atoms with Gasteiger partial charge in [-0.2, -0.15) is 8.75 Å². The van der Waals surface area contributed by atoms with Gasteiger partial charge < -0.3 is 25.3 Å². The summed E-state index contributed by atoms with van der Waals surface area (Å²) in [4.78, 5) is 22.2. The Morgan fingerprint density at radius 1 is 1.21 bits per heavy atom. The van der Waals surface area contributed by atoms with Crippen molar-refractivity contribution in [3.63, 3.8) is 0 Å². The highest BCUT2D eigenvalue weighted by molar-refractivity contribution is 7.99. The van der Waals surface area contributed by atoms with Crippen molar-refractivity contribution in [2.24, 2.45) is 5.92 Å². The van der Waals surface area contributed by atoms with Crippen molar-refractivity contribution in [1.82, 2.24) is 13.6 Å². The molecule has 158 valence electrons. The lowest BCUT2D eigenvalue weighted by atomic mass is 9.89. The zero-order valence-corrected chi connectivity index (χ0v) is 17.4. The van der Waals surface area contributed by atoms with Gasteiger partial charge in [0.2, 0.25) is 0 Å². The van der Waals surface area contributed by atoms with Gasteiger partial charge in [0.15, 0.2) is 12.2 Å². The molecule has 1 aromatic heterocycles. The molecule has 2 aliphatic rings. The number of nitrogens with zero attached hydrogens (tertiary/aromatic N) is 3. The molecule has 2 bridgehead atoms. The lowest BCUT2D eigenvalue weighted by molar-refractivity contribution is -0.165. The van der Waals surface area contributed by atoms with Gasteiger partial charge in [-0.1, -0.05) is 13.3 Å². The van der Waals surface area contributed by atoms with Crippen molar-refractivity contribution in [1.29, 1.82) is 0 Å². The molecule has 0 spiro atoms. The Kier molecular flexibility index (Phi) is 9.09. The molecule has 0 aromatic carbocycles. The molecule has 1 aromatic rings. The highest BCUT2D eigenvalue weighted by Gasteiger charge is 2.38. The van der Waals surface area contributed by atoms with Gasteiger partial charge in [-0.25, -0.2) is 9.59 Å². The van der Waals surface area contributed by atoms with E-state index in [1.807, 2.05) is 11.8 Å². The summed E-state index contributed by atoms with van der Waals surface area (Å²) in [6.45, 7) is 6.05. The molecule has 2 aliphatic heterocycles. The first kappa shape index (κ1) is 23.0. The molecule has 3 heterocycles. The van der Waals surface area contributed by atoms with Gasteiger partial charge in [0.25, 0.3) is 0 Å². The van der Waals surface area contributed by atoms with Crippen LogP contribution in [0.15, 0.2) is 5.03 Å². The molecule has 2 saturated heterocycles. The van der Waals surface area contributed by atoms with Crippen molar-refractivity contribution in [3.05, 3.63) is 5.69 Å². The SMILES string of the molecule is CCCCSc1nsnc1[C@@H]1CN2CCC[C@@H]1C2.O=C(O)C(O)C(O)C(=O)O. The Bertz CT molecular complexity index is 641. The standard InChI is InChI=1S/C13H21N3S2.C4H6O6/c1-2-3-7-17-13-12(14-18-15-13)11-9-16-6-4-5-10(11)8-16;5-1(3(7)8)2(6)4(9)10/h10-11H,2-9H2,1H3;1-2,5-6H,(H,7,8)(H,9,10)/t10-,11-;/m1./s1. The number of rotatable bonds is 8. The van der Waals surface area contributed by atoms with E-state index in [9.17, 15) is 9.59 Å². The van der Waals surface area contributed by atoms with Crippen LogP contribution < -0.4 is 0 Å². The molecule has 2 fully saturated rings. The maximum absolute atomic E-state index is 9.77. The summed E-state index contributed by atoms with van der Waals surface area (Å²) in [5.74, 6) is -0.843. The lowest BCUT2D eigenvalue weighted by Gasteiger charge is -2.21. The average Bonchev–Trinajstić information content (AvgIpc) is 3.24. The molecular weight excluding hydrogens is 406 g/mol. The third kappa shape index (κ3) is 6.11. The monoisotopic (exact) mass is 433 g/mol. The summed E-state index contributed by atoms with van der Waals surface area (Å²) in [5, 5.41) is 33.8. The smallest absolute Gasteiger partial charge is 0.335 e. The molecule has 0 amide bonds. The van der Waals surface area contributed by atoms with Crippen LogP contribution in [0.25, 0.3) is 0 Å². The van der Waals surface area contributed by atoms with Crippen molar-refractivity contribution in [2.75, 3.05) is 25.4 Å². The Morgan fingerprint density at radius 2 is 1.89 bits per heavy atom. The second-order valence-corrected chi connectivity index (χ2v) is 8.60. The molecule has 5 atom stereocenters. The molecule has 28 heavy (non-hydrogen) atoms. The van der Waals surface area contributed by atoms with E-state index in [0.717, 1.165) is 5.92 Å². The molecule has 0 saturated carbocycles. The van der Waals surface area contributed by atoms with E-state index in [1.54, 1.807) is 0 Å². The highest BCUT2D eigenvalue weighted by atomic mass is 32.2. The number of carbonyl (C=O) groups is 2. The second kappa shape index (κ2) is 11.1. The number of thioether (sulfide) groups is 1. The molecule has 11 heteroatoms. The van der Waals surface area contributed by atoms with E-state index in [-0.39, 0.29) is 0 Å². The van der Waals surface area contributed by atoms with E-state index in [2.05, 4.69) is 20.6 Å². The summed E-state index contributed by atoms with van der Waals surface area (Å²) in [5.41, 5.74) is 1.32. The molecule has 3 rings (SSSR count). The summed E-state index contributed by atoms with van der Waals surface area (Å²) in [6.07, 6.45) is 0.770. The maximum Gasteiger partial charge on any atom is 0.335 e. The Hall–Kier alpha value is -1.27. The number of aliphatic hydroxyl groups excluding tert-OH is 2. The van der Waals surface area contributed by atoms with Crippen LogP contribution in [0.3, 0.4) is 0 Å². The first-order valence-electron chi connectivity index (χ1n) is 9.34. The fourth-order valence-corrected chi connectivity index (χ4v) is 5.28. The lowest BCUT2D eigenvalue weighted by Crippen LogP contribution is -2.39. The predicted molar refractivity (Wildman–Crippen MR) is 105 cm³/mol. The number of carboxylic acids is 2. The van der Waals surface area contributed by atoms with Crippen LogP contribution in [0, 0.1) is 5.92 Å². The van der Waals surface area contributed by atoms with Crippen LogP contribution in [-0.2, 0) is 9.59 Å². The van der Waals surface area contributed by atoms with E-state index < -0.39 is 24.1 Å². The largest absolute Gasteiger partial charge is 0.479 e. The van der Waals surface area contributed by atoms with Crippen LogP contribution in [-0.4, -0.2) is 83.6 Å². The van der Waals surface area contributed by atoms with Crippen LogP contribution in [0.2, 0.25) is 0 Å². The second-order valence-electron chi connectivity index (χ2n) is 6.99. The van der Waals surface area contributed by atoms with Crippen molar-refractivity contribution < 1.29 is 30.0 Å². The molecule has 4 N–H and O–H groups in total. The van der Waals surface area contributed by atoms with Gasteiger partial charge in [0.1, 0.15) is 5.03 Å². The highest BCUT2D eigenvalue weighted by Crippen LogP contribution is 2.41. The molecular formula is C17H27N3O6S2. The molecule has 0 aliphatic carbocycles. The first-order chi connectivity index (χ1) is 13.3. The number of aliphatic hydroxyl groups is 2. The minimum Gasteiger partial charge on any atom is -0.479 e. The van der Waals surface area contributed by atoms with E-state index >= 15 is 0 Å². The van der Waals surface area contributed by atoms with Gasteiger partial charge in [0, 0.05) is 19.0 Å². The third-order valence-corrected chi connectivity index (χ3v) is 6.67. The number of aliphatic carboxylic acids is 2. The van der Waals surface area contributed by atoms with Crippen LogP contribution in [0.4, 0.5) is 0 Å². The number of hydrogen-bond acceptors (Lipinski definition) is 9. The topological polar surface area (TPSA) is 144 Å². The van der Waals surface area contributed by atoms with Crippen molar-refractivity contribution in [2.45, 2.75) is 55.8 Å². The molecule has 9 nitrogen and oxygen atoms in total. The van der Waals surface area contributed by atoms with Gasteiger partial charge >= 0.3 is 11.9 Å². The number of fused-ring (bicyclic) bond motifs is 2. The zero-order valence-electron chi connectivity index (χ0n) is 15.7. The minimum absolute atomic E-state index is 0.662. The van der Waals surface area contributed by atoms with Crippen LogP contribution in [0.5, 0.6) is 0 Å². The predicted octanol–water partition coefficient (Wildman–Crippen LogP) is 1.12. The van der Waals surface area contributed by atoms with Crippen molar-refractivity contribution in [3.8, 4) is 0 Å². The Morgan fingerprint density at radius 3 is 2.46 bits per heavy atom. The summed E-state index contributed by atoms with van der Waals surface area (Å²) < 4.78 is 9.14. The first-order valence-corrected chi connectivity index (χ1v) is 11.1. The van der Waals surface area contributed by atoms with Gasteiger partial charge in [0.05, 0.1) is 17.4 Å². The fraction of sp³-hybridized carbons (Fsp3) is 0.765. The maximum atomic E-state index is 9.77. The van der Waals surface area contributed by atoms with E-state index in [0.29, 0.717) is 5.92 Å². The van der Waals surface area contributed by atoms with E-state index in [4.69, 9.17) is 20.4 Å². The van der Waals surface area contributed by atoms with Crippen LogP contribution >= 0.6 is 23.5 Å². The normalized spacial score (nSPS) is 25.5. The third-order valence-electron chi connectivity index (χ3n) is 4.94. The van der Waals surface area contributed by atoms with Crippen LogP contribution in [0.1, 0.15) is 44.2 Å². The number of piperidine rings is 1. The average molecular weight is 434 g/mol. The fourth-order valence-electron chi connectivity index (χ4n) is 3.42. The Labute approximate surface area is 172 Å². The van der Waals surface area contributed by atoms with Crippen molar-refractivity contribution >= 4 is 35.4 Å². The van der Waals surface area contributed by atoms with Gasteiger partial charge in [-0.15, -0.1) is 11.8 Å². The van der Waals surface area contributed by atoms with Gasteiger partial charge in [-0.05, 0) is 37.5 Å². The number of unbranched alkanes of at least 4 members (excludes halogenated alkanes) is 1. The number of hydrogen-bond donors (Lipinski definition) is 4. The number of aromatic nitrogens is 2. The van der Waals surface area contributed by atoms with Gasteiger partial charge in [-0.3, -0.25) is 0 Å². The summed E-state index contributed by atoms with van der Waals surface area (Å²) >= 11 is 3.32. The summed E-state index contributed by atoms with van der Waals surface area (Å²) in [7, 11) is 0. The quantitative estimate of drug-likeness (QED) is 0.348. The summed E-state index contributed by atoms with van der Waals surface area (Å²) in [6, 6.07) is 0. The zero-order chi connectivity index (χ0) is 20.7. The van der Waals surface area contributed by atoms with E-state index in [1.165, 1.54) is 73.5 Å². The minimum atomic E-state index is -2.27. The number of carboxylic acid groups (broad SMARTS) is 2.